The molecule has 30 heavy (non-hydrogen) atoms. The smallest absolute Gasteiger partial charge is 0.202 e. The van der Waals surface area contributed by atoms with Gasteiger partial charge in [-0.2, -0.15) is 0 Å². The molecule has 4 rings (SSSR count). The topological polar surface area (TPSA) is 141 Å². The fourth-order valence-electron chi connectivity index (χ4n) is 4.21. The van der Waals surface area contributed by atoms with Crippen molar-refractivity contribution in [1.29, 1.82) is 0 Å². The summed E-state index contributed by atoms with van der Waals surface area (Å²) in [5.41, 5.74) is -4.98. The molecule has 0 fully saturated rings. The minimum absolute atomic E-state index is 0.0583. The minimum Gasteiger partial charge on any atom is -0.507 e. The maximum atomic E-state index is 14.7. The minimum atomic E-state index is -2.67. The van der Waals surface area contributed by atoms with Crippen molar-refractivity contribution >= 4 is 17.3 Å². The van der Waals surface area contributed by atoms with Gasteiger partial charge in [-0.25, -0.2) is 4.39 Å². The molecule has 0 heterocycles. The van der Waals surface area contributed by atoms with Crippen LogP contribution in [-0.4, -0.2) is 56.7 Å². The van der Waals surface area contributed by atoms with Gasteiger partial charge in [0, 0.05) is 23.1 Å². The molecule has 8 nitrogen and oxygen atoms in total. The summed E-state index contributed by atoms with van der Waals surface area (Å²) in [6, 6.07) is 4.24. The number of fused-ring (bicyclic) bond motifs is 3. The molecule has 156 valence electrons. The zero-order chi connectivity index (χ0) is 22.1. The summed E-state index contributed by atoms with van der Waals surface area (Å²) in [6.07, 6.45) is -5.54. The van der Waals surface area contributed by atoms with Crippen LogP contribution in [0.2, 0.25) is 0 Å². The van der Waals surface area contributed by atoms with E-state index < -0.39 is 69.8 Å². The van der Waals surface area contributed by atoms with Crippen molar-refractivity contribution in [3.05, 3.63) is 51.6 Å². The van der Waals surface area contributed by atoms with Crippen molar-refractivity contribution in [2.75, 3.05) is 7.11 Å². The lowest BCUT2D eigenvalue weighted by Crippen LogP contribution is -2.53. The second-order valence-corrected chi connectivity index (χ2v) is 7.38. The summed E-state index contributed by atoms with van der Waals surface area (Å²) in [5, 5.41) is 42.4. The number of aliphatic hydroxyl groups is 2. The zero-order valence-electron chi connectivity index (χ0n) is 15.9. The number of carbonyl (C=O) groups excluding carboxylic acids is 3. The molecule has 2 aliphatic rings. The molecule has 9 heteroatoms. The number of benzene rings is 2. The Hall–Kier alpha value is -3.30. The number of ether oxygens (including phenoxy) is 1. The highest BCUT2D eigenvalue weighted by atomic mass is 19.1. The Kier molecular flexibility index (Phi) is 4.23. The molecule has 2 aromatic carbocycles. The molecule has 2 aromatic rings. The Bertz CT molecular complexity index is 1150. The van der Waals surface area contributed by atoms with Gasteiger partial charge in [0.1, 0.15) is 23.4 Å². The van der Waals surface area contributed by atoms with Crippen molar-refractivity contribution < 1.29 is 43.9 Å². The second-order valence-electron chi connectivity index (χ2n) is 7.38. The van der Waals surface area contributed by atoms with E-state index in [2.05, 4.69) is 0 Å². The highest BCUT2D eigenvalue weighted by Gasteiger charge is 2.54. The Morgan fingerprint density at radius 3 is 2.37 bits per heavy atom. The molecule has 0 aromatic heterocycles. The number of alkyl halides is 1. The highest BCUT2D eigenvalue weighted by molar-refractivity contribution is 6.31. The van der Waals surface area contributed by atoms with Crippen molar-refractivity contribution in [1.82, 2.24) is 0 Å². The van der Waals surface area contributed by atoms with Gasteiger partial charge in [-0.15, -0.1) is 0 Å². The molecule has 0 saturated heterocycles. The average molecular weight is 416 g/mol. The first-order valence-electron chi connectivity index (χ1n) is 8.98. The third kappa shape index (κ3) is 2.30. The van der Waals surface area contributed by atoms with Crippen molar-refractivity contribution in [2.24, 2.45) is 0 Å². The summed E-state index contributed by atoms with van der Waals surface area (Å²) in [5.74, 6) is -4.32. The molecule has 0 spiro atoms. The van der Waals surface area contributed by atoms with Crippen LogP contribution in [0.25, 0.3) is 0 Å². The lowest BCUT2D eigenvalue weighted by molar-refractivity contribution is -0.152. The normalized spacial score (nSPS) is 24.7. The van der Waals surface area contributed by atoms with Gasteiger partial charge >= 0.3 is 0 Å². The SMILES string of the molecule is COc1cccc2c1C(=O)c1c(O)c3c(c(O)c1C2=O)CC(O)(C(C)=O)C(F)C3O. The van der Waals surface area contributed by atoms with Crippen molar-refractivity contribution in [2.45, 2.75) is 31.2 Å². The van der Waals surface area contributed by atoms with E-state index in [4.69, 9.17) is 4.74 Å². The van der Waals surface area contributed by atoms with Crippen molar-refractivity contribution in [3.63, 3.8) is 0 Å². The Balaban J connectivity index is 2.06. The monoisotopic (exact) mass is 416 g/mol. The van der Waals surface area contributed by atoms with Crippen LogP contribution in [0, 0.1) is 0 Å². The summed E-state index contributed by atoms with van der Waals surface area (Å²) in [6.45, 7) is 0.913. The molecule has 3 atom stereocenters. The third-order valence-corrected chi connectivity index (χ3v) is 5.85. The molecule has 0 radical (unpaired) electrons. The standard InChI is InChI=1S/C21H17FO8/c1-7(23)21(29)6-9-12(19(28)20(21)22)18(27)14-13(16(9)25)15(24)8-4-3-5-10(30-2)11(8)17(14)26/h3-5,19-20,25,27-29H,6H2,1-2H3. The van der Waals surface area contributed by atoms with Gasteiger partial charge in [0.05, 0.1) is 23.8 Å². The number of Topliss-reactive ketones (excluding diaryl/α,β-unsaturated/α-hetero) is 1. The lowest BCUT2D eigenvalue weighted by atomic mass is 9.71. The van der Waals surface area contributed by atoms with Crippen LogP contribution in [0.1, 0.15) is 56.0 Å². The van der Waals surface area contributed by atoms with E-state index in [9.17, 15) is 39.2 Å². The average Bonchev–Trinajstić information content (AvgIpc) is 2.71. The molecule has 2 aliphatic carbocycles. The molecule has 0 amide bonds. The Morgan fingerprint density at radius 1 is 1.13 bits per heavy atom. The van der Waals surface area contributed by atoms with Crippen LogP contribution in [-0.2, 0) is 11.2 Å². The number of rotatable bonds is 2. The van der Waals surface area contributed by atoms with Gasteiger partial charge < -0.3 is 25.2 Å². The predicted molar refractivity (Wildman–Crippen MR) is 98.8 cm³/mol. The Labute approximate surface area is 169 Å². The van der Waals surface area contributed by atoms with Crippen LogP contribution in [0.4, 0.5) is 4.39 Å². The number of methoxy groups -OCH3 is 1. The maximum Gasteiger partial charge on any atom is 0.202 e. The zero-order valence-corrected chi connectivity index (χ0v) is 15.9. The highest BCUT2D eigenvalue weighted by Crippen LogP contribution is 2.51. The first kappa shape index (κ1) is 20.0. The summed E-state index contributed by atoms with van der Waals surface area (Å²) in [7, 11) is 1.28. The number of ketones is 3. The number of phenols is 2. The number of hydrogen-bond acceptors (Lipinski definition) is 8. The lowest BCUT2D eigenvalue weighted by Gasteiger charge is -2.39. The van der Waals surface area contributed by atoms with E-state index in [1.54, 1.807) is 0 Å². The summed E-state index contributed by atoms with van der Waals surface area (Å²) >= 11 is 0. The van der Waals surface area contributed by atoms with Gasteiger partial charge in [0.2, 0.25) is 5.78 Å². The second kappa shape index (κ2) is 6.35. The Morgan fingerprint density at radius 2 is 1.77 bits per heavy atom. The van der Waals surface area contributed by atoms with E-state index in [0.29, 0.717) is 0 Å². The number of phenolic OH excluding ortho intramolecular Hbond substituents is 2. The molecule has 0 aliphatic heterocycles. The van der Waals surface area contributed by atoms with Crippen LogP contribution in [0.3, 0.4) is 0 Å². The van der Waals surface area contributed by atoms with Crippen molar-refractivity contribution in [3.8, 4) is 17.2 Å². The molecular formula is C21H17FO8. The van der Waals surface area contributed by atoms with E-state index in [1.165, 1.54) is 25.3 Å². The van der Waals surface area contributed by atoms with E-state index in [1.807, 2.05) is 0 Å². The number of aromatic hydroxyl groups is 2. The van der Waals surface area contributed by atoms with Gasteiger partial charge in [0.25, 0.3) is 0 Å². The third-order valence-electron chi connectivity index (χ3n) is 5.85. The van der Waals surface area contributed by atoms with E-state index in [0.717, 1.165) is 6.92 Å². The number of halogens is 1. The van der Waals surface area contributed by atoms with E-state index >= 15 is 0 Å². The number of carbonyl (C=O) groups is 3. The molecule has 4 N–H and O–H groups in total. The largest absolute Gasteiger partial charge is 0.507 e. The molecule has 3 unspecified atom stereocenters. The molecule has 0 saturated carbocycles. The van der Waals surface area contributed by atoms with Crippen LogP contribution >= 0.6 is 0 Å². The predicted octanol–water partition coefficient (Wildman–Crippen LogP) is 1.13. The van der Waals surface area contributed by atoms with E-state index in [-0.39, 0.29) is 22.4 Å². The van der Waals surface area contributed by atoms with Gasteiger partial charge in [-0.05, 0) is 13.0 Å². The van der Waals surface area contributed by atoms with Crippen LogP contribution < -0.4 is 4.74 Å². The van der Waals surface area contributed by atoms with Crippen LogP contribution in [0.5, 0.6) is 17.2 Å². The first-order valence-corrected chi connectivity index (χ1v) is 8.98. The number of aliphatic hydroxyl groups excluding tert-OH is 1. The van der Waals surface area contributed by atoms with Gasteiger partial charge in [-0.3, -0.25) is 14.4 Å². The van der Waals surface area contributed by atoms with Gasteiger partial charge in [0.15, 0.2) is 23.3 Å². The molecular weight excluding hydrogens is 399 g/mol. The quantitative estimate of drug-likeness (QED) is 0.456. The summed E-state index contributed by atoms with van der Waals surface area (Å²) < 4.78 is 19.9. The number of hydrogen-bond donors (Lipinski definition) is 4. The molecule has 0 bridgehead atoms. The fraction of sp³-hybridized carbons (Fsp3) is 0.286. The fourth-order valence-corrected chi connectivity index (χ4v) is 4.21. The maximum absolute atomic E-state index is 14.7. The first-order chi connectivity index (χ1) is 14.1. The van der Waals surface area contributed by atoms with Gasteiger partial charge in [-0.1, -0.05) is 12.1 Å². The summed E-state index contributed by atoms with van der Waals surface area (Å²) in [4.78, 5) is 38.1. The van der Waals surface area contributed by atoms with Crippen LogP contribution in [0.15, 0.2) is 18.2 Å².